The predicted molar refractivity (Wildman–Crippen MR) is 97.6 cm³/mol. The SMILES string of the molecule is COCCOc1ccc(NC(=O)c2ccc(N3CCCC3=O)cc2)cn1. The molecule has 1 fully saturated rings. The van der Waals surface area contributed by atoms with E-state index in [1.165, 1.54) is 6.20 Å². The van der Waals surface area contributed by atoms with Crippen LogP contribution in [0, 0.1) is 0 Å². The molecule has 1 N–H and O–H groups in total. The summed E-state index contributed by atoms with van der Waals surface area (Å²) in [5.41, 5.74) is 1.91. The van der Waals surface area contributed by atoms with E-state index in [0.717, 1.165) is 18.7 Å². The Balaban J connectivity index is 1.58. The van der Waals surface area contributed by atoms with Gasteiger partial charge in [-0.3, -0.25) is 9.59 Å². The molecule has 1 aromatic carbocycles. The number of carbonyl (C=O) groups is 2. The first-order valence-electron chi connectivity index (χ1n) is 8.47. The molecule has 2 amide bonds. The molecule has 0 radical (unpaired) electrons. The van der Waals surface area contributed by atoms with E-state index >= 15 is 0 Å². The number of hydrogen-bond donors (Lipinski definition) is 1. The van der Waals surface area contributed by atoms with E-state index in [0.29, 0.717) is 36.8 Å². The maximum absolute atomic E-state index is 12.3. The van der Waals surface area contributed by atoms with E-state index in [2.05, 4.69) is 10.3 Å². The van der Waals surface area contributed by atoms with Gasteiger partial charge in [-0.05, 0) is 36.8 Å². The van der Waals surface area contributed by atoms with Crippen LogP contribution in [0.2, 0.25) is 0 Å². The van der Waals surface area contributed by atoms with Crippen LogP contribution in [0.3, 0.4) is 0 Å². The second-order valence-corrected chi connectivity index (χ2v) is 5.88. The molecule has 2 heterocycles. The minimum absolute atomic E-state index is 0.126. The molecule has 26 heavy (non-hydrogen) atoms. The lowest BCUT2D eigenvalue weighted by Crippen LogP contribution is -2.23. The van der Waals surface area contributed by atoms with Gasteiger partial charge in [0.15, 0.2) is 0 Å². The molecule has 7 heteroatoms. The third kappa shape index (κ3) is 4.37. The van der Waals surface area contributed by atoms with Gasteiger partial charge in [0.25, 0.3) is 5.91 Å². The van der Waals surface area contributed by atoms with Crippen LogP contribution in [0.15, 0.2) is 42.6 Å². The number of benzene rings is 1. The Morgan fingerprint density at radius 1 is 1.19 bits per heavy atom. The number of nitrogens with zero attached hydrogens (tertiary/aromatic N) is 2. The Morgan fingerprint density at radius 3 is 2.62 bits per heavy atom. The summed E-state index contributed by atoms with van der Waals surface area (Å²) in [4.78, 5) is 30.0. The summed E-state index contributed by atoms with van der Waals surface area (Å²) in [5, 5.41) is 2.79. The van der Waals surface area contributed by atoms with E-state index in [1.807, 2.05) is 0 Å². The first-order valence-corrected chi connectivity index (χ1v) is 8.47. The fourth-order valence-electron chi connectivity index (χ4n) is 2.69. The number of amides is 2. The average molecular weight is 355 g/mol. The molecule has 1 aromatic heterocycles. The third-order valence-corrected chi connectivity index (χ3v) is 4.05. The predicted octanol–water partition coefficient (Wildman–Crippen LogP) is 2.49. The molecule has 0 saturated carbocycles. The maximum atomic E-state index is 12.3. The van der Waals surface area contributed by atoms with Crippen LogP contribution in [0.25, 0.3) is 0 Å². The Kier molecular flexibility index (Phi) is 5.80. The maximum Gasteiger partial charge on any atom is 0.255 e. The van der Waals surface area contributed by atoms with Crippen LogP contribution < -0.4 is 15.0 Å². The first kappa shape index (κ1) is 17.9. The summed E-state index contributed by atoms with van der Waals surface area (Å²) in [5.74, 6) is 0.361. The number of hydrogen-bond acceptors (Lipinski definition) is 5. The van der Waals surface area contributed by atoms with Crippen molar-refractivity contribution in [3.8, 4) is 5.88 Å². The molecule has 0 bridgehead atoms. The van der Waals surface area contributed by atoms with Gasteiger partial charge in [-0.1, -0.05) is 0 Å². The van der Waals surface area contributed by atoms with Gasteiger partial charge in [-0.15, -0.1) is 0 Å². The number of methoxy groups -OCH3 is 1. The molecule has 0 unspecified atom stereocenters. The van der Waals surface area contributed by atoms with E-state index in [9.17, 15) is 9.59 Å². The lowest BCUT2D eigenvalue weighted by molar-refractivity contribution is -0.117. The van der Waals surface area contributed by atoms with Gasteiger partial charge in [0.1, 0.15) is 6.61 Å². The lowest BCUT2D eigenvalue weighted by atomic mass is 10.2. The molecule has 1 aliphatic rings. The second-order valence-electron chi connectivity index (χ2n) is 5.88. The van der Waals surface area contributed by atoms with Gasteiger partial charge in [-0.2, -0.15) is 0 Å². The zero-order valence-electron chi connectivity index (χ0n) is 14.6. The van der Waals surface area contributed by atoms with Crippen molar-refractivity contribution >= 4 is 23.2 Å². The van der Waals surface area contributed by atoms with Crippen molar-refractivity contribution in [1.29, 1.82) is 0 Å². The van der Waals surface area contributed by atoms with Gasteiger partial charge < -0.3 is 19.7 Å². The minimum Gasteiger partial charge on any atom is -0.475 e. The summed E-state index contributed by atoms with van der Waals surface area (Å²) in [6, 6.07) is 10.4. The first-order chi connectivity index (χ1) is 12.7. The average Bonchev–Trinajstić information content (AvgIpc) is 3.09. The van der Waals surface area contributed by atoms with Crippen LogP contribution >= 0.6 is 0 Å². The fourth-order valence-corrected chi connectivity index (χ4v) is 2.69. The summed E-state index contributed by atoms with van der Waals surface area (Å²) in [6.45, 7) is 1.63. The van der Waals surface area contributed by atoms with E-state index < -0.39 is 0 Å². The Morgan fingerprint density at radius 2 is 2.00 bits per heavy atom. The molecule has 1 saturated heterocycles. The Labute approximate surface area is 151 Å². The highest BCUT2D eigenvalue weighted by molar-refractivity contribution is 6.04. The molecular formula is C19H21N3O4. The Hall–Kier alpha value is -2.93. The van der Waals surface area contributed by atoms with Crippen LogP contribution in [0.4, 0.5) is 11.4 Å². The van der Waals surface area contributed by atoms with E-state index in [-0.39, 0.29) is 11.8 Å². The summed E-state index contributed by atoms with van der Waals surface area (Å²) in [6.07, 6.45) is 3.00. The minimum atomic E-state index is -0.237. The molecule has 2 aromatic rings. The highest BCUT2D eigenvalue weighted by atomic mass is 16.5. The topological polar surface area (TPSA) is 80.8 Å². The van der Waals surface area contributed by atoms with Crippen molar-refractivity contribution in [3.05, 3.63) is 48.2 Å². The fraction of sp³-hybridized carbons (Fsp3) is 0.316. The summed E-state index contributed by atoms with van der Waals surface area (Å²) >= 11 is 0. The zero-order valence-corrected chi connectivity index (χ0v) is 14.6. The number of aromatic nitrogens is 1. The monoisotopic (exact) mass is 355 g/mol. The molecule has 0 spiro atoms. The van der Waals surface area contributed by atoms with Crippen molar-refractivity contribution in [2.24, 2.45) is 0 Å². The number of pyridine rings is 1. The molecule has 3 rings (SSSR count). The van der Waals surface area contributed by atoms with Crippen molar-refractivity contribution in [2.45, 2.75) is 12.8 Å². The largest absolute Gasteiger partial charge is 0.475 e. The van der Waals surface area contributed by atoms with Crippen molar-refractivity contribution in [3.63, 3.8) is 0 Å². The highest BCUT2D eigenvalue weighted by Crippen LogP contribution is 2.22. The van der Waals surface area contributed by atoms with Crippen molar-refractivity contribution in [2.75, 3.05) is 37.1 Å². The molecule has 7 nitrogen and oxygen atoms in total. The van der Waals surface area contributed by atoms with Gasteiger partial charge in [0, 0.05) is 37.4 Å². The number of nitrogens with one attached hydrogen (secondary N) is 1. The van der Waals surface area contributed by atoms with Gasteiger partial charge in [0.05, 0.1) is 18.5 Å². The van der Waals surface area contributed by atoms with Gasteiger partial charge >= 0.3 is 0 Å². The standard InChI is InChI=1S/C19H21N3O4/c1-25-11-12-26-17-9-6-15(13-20-17)21-19(24)14-4-7-16(8-5-14)22-10-2-3-18(22)23/h4-9,13H,2-3,10-12H2,1H3,(H,21,24). The number of carbonyl (C=O) groups excluding carboxylic acids is 2. The third-order valence-electron chi connectivity index (χ3n) is 4.05. The van der Waals surface area contributed by atoms with Crippen LogP contribution in [0.1, 0.15) is 23.2 Å². The smallest absolute Gasteiger partial charge is 0.255 e. The van der Waals surface area contributed by atoms with Gasteiger partial charge in [-0.25, -0.2) is 4.98 Å². The summed E-state index contributed by atoms with van der Waals surface area (Å²) in [7, 11) is 1.60. The number of anilines is 2. The Bertz CT molecular complexity index is 759. The molecule has 0 aliphatic carbocycles. The normalized spacial score (nSPS) is 13.7. The van der Waals surface area contributed by atoms with Crippen LogP contribution in [-0.4, -0.2) is 43.7 Å². The van der Waals surface area contributed by atoms with Crippen molar-refractivity contribution in [1.82, 2.24) is 4.98 Å². The number of rotatable bonds is 7. The highest BCUT2D eigenvalue weighted by Gasteiger charge is 2.21. The molecule has 1 aliphatic heterocycles. The van der Waals surface area contributed by atoms with Crippen LogP contribution in [-0.2, 0) is 9.53 Å². The van der Waals surface area contributed by atoms with E-state index in [1.54, 1.807) is 48.4 Å². The van der Waals surface area contributed by atoms with Crippen LogP contribution in [0.5, 0.6) is 5.88 Å². The summed E-state index contributed by atoms with van der Waals surface area (Å²) < 4.78 is 10.3. The van der Waals surface area contributed by atoms with E-state index in [4.69, 9.17) is 9.47 Å². The molecule has 0 atom stereocenters. The quantitative estimate of drug-likeness (QED) is 0.772. The van der Waals surface area contributed by atoms with Crippen molar-refractivity contribution < 1.29 is 19.1 Å². The van der Waals surface area contributed by atoms with Gasteiger partial charge in [0.2, 0.25) is 11.8 Å². The zero-order chi connectivity index (χ0) is 18.4. The second kappa shape index (κ2) is 8.44. The molecular weight excluding hydrogens is 334 g/mol. The number of ether oxygens (including phenoxy) is 2. The lowest BCUT2D eigenvalue weighted by Gasteiger charge is -2.15. The molecule has 136 valence electrons.